The average molecular weight is 167 g/mol. The van der Waals surface area contributed by atoms with Crippen LogP contribution in [-0.2, 0) is 4.74 Å². The quantitative estimate of drug-likeness (QED) is 0.670. The van der Waals surface area contributed by atoms with Crippen LogP contribution in [0.4, 0.5) is 0 Å². The van der Waals surface area contributed by atoms with Crippen molar-refractivity contribution in [3.05, 3.63) is 30.1 Å². The third kappa shape index (κ3) is 1.62. The van der Waals surface area contributed by atoms with Gasteiger partial charge in [0.25, 0.3) is 0 Å². The van der Waals surface area contributed by atoms with E-state index in [0.717, 1.165) is 5.69 Å². The maximum atomic E-state index is 7.39. The predicted molar refractivity (Wildman–Crippen MR) is 45.8 cm³/mol. The first-order valence-corrected chi connectivity index (χ1v) is 3.86. The monoisotopic (exact) mass is 167 g/mol. The van der Waals surface area contributed by atoms with Gasteiger partial charge in [-0.25, -0.2) is 0 Å². The Morgan fingerprint density at radius 3 is 3.50 bits per heavy atom. The Hall–Kier alpha value is -0.930. The number of nitrogens with one attached hydrogen (secondary N) is 1. The lowest BCUT2D eigenvalue weighted by molar-refractivity contribution is 0.0250. The molecule has 0 spiro atoms. The second kappa shape index (κ2) is 3.65. The molecule has 0 aliphatic carbocycles. The zero-order valence-electron chi connectivity index (χ0n) is 9.58. The average Bonchev–Trinajstić information content (AvgIpc) is 2.20. The molecule has 0 bridgehead atoms. The van der Waals surface area contributed by atoms with Crippen molar-refractivity contribution in [2.75, 3.05) is 19.6 Å². The van der Waals surface area contributed by atoms with Crippen LogP contribution in [0.2, 0.25) is 0 Å². The lowest BCUT2D eigenvalue weighted by Crippen LogP contribution is -2.33. The molecule has 1 N–H and O–H groups in total. The van der Waals surface area contributed by atoms with Crippen molar-refractivity contribution in [1.82, 2.24) is 10.3 Å². The number of ether oxygens (including phenoxy) is 1. The molecule has 1 fully saturated rings. The normalized spacial score (nSPS) is 31.7. The van der Waals surface area contributed by atoms with Crippen molar-refractivity contribution in [3.63, 3.8) is 0 Å². The summed E-state index contributed by atoms with van der Waals surface area (Å²) in [7, 11) is 0. The van der Waals surface area contributed by atoms with E-state index in [1.165, 1.54) is 6.20 Å². The summed E-state index contributed by atoms with van der Waals surface area (Å²) >= 11 is 0. The summed E-state index contributed by atoms with van der Waals surface area (Å²) in [6.07, 6.45) is 1.23. The van der Waals surface area contributed by atoms with Gasteiger partial charge in [0.15, 0.2) is 0 Å². The molecule has 1 aromatic heterocycles. The highest BCUT2D eigenvalue weighted by Crippen LogP contribution is 2.14. The standard InChI is InChI=1S/C9H12N2O/c1-2-4-11-8(3-1)9-7-10-5-6-12-9/h1-4,9-10H,5-7H2/i2D,5D2. The minimum Gasteiger partial charge on any atom is -0.369 e. The smallest absolute Gasteiger partial charge is 0.112 e. The fourth-order valence-electron chi connectivity index (χ4n) is 1.13. The number of nitrogens with zero attached hydrogens (tertiary/aromatic N) is 1. The summed E-state index contributed by atoms with van der Waals surface area (Å²) in [4.78, 5) is 4.07. The molecule has 2 rings (SSSR count). The van der Waals surface area contributed by atoms with Crippen LogP contribution in [0.3, 0.4) is 0 Å². The zero-order chi connectivity index (χ0) is 10.9. The van der Waals surface area contributed by atoms with Crippen molar-refractivity contribution in [2.24, 2.45) is 0 Å². The molecular weight excluding hydrogens is 152 g/mol. The Morgan fingerprint density at radius 1 is 1.83 bits per heavy atom. The third-order valence-corrected chi connectivity index (χ3v) is 1.74. The molecule has 0 saturated carbocycles. The lowest BCUT2D eigenvalue weighted by atomic mass is 10.2. The molecule has 1 atom stereocenters. The molecule has 64 valence electrons. The summed E-state index contributed by atoms with van der Waals surface area (Å²) in [6.45, 7) is -1.04. The minimum atomic E-state index is -1.45. The highest BCUT2D eigenvalue weighted by Gasteiger charge is 2.15. The summed E-state index contributed by atoms with van der Waals surface area (Å²) in [5.41, 5.74) is 0.731. The first kappa shape index (κ1) is 4.94. The van der Waals surface area contributed by atoms with Gasteiger partial charge in [0.1, 0.15) is 6.10 Å². The van der Waals surface area contributed by atoms with Crippen molar-refractivity contribution >= 4 is 0 Å². The van der Waals surface area contributed by atoms with Crippen molar-refractivity contribution in [1.29, 1.82) is 0 Å². The van der Waals surface area contributed by atoms with Crippen LogP contribution in [0.1, 0.15) is 15.9 Å². The van der Waals surface area contributed by atoms with E-state index in [1.54, 1.807) is 12.1 Å². The Labute approximate surface area is 76.0 Å². The highest BCUT2D eigenvalue weighted by molar-refractivity contribution is 5.07. The molecular formula is C9H12N2O. The molecule has 2 heterocycles. The molecule has 12 heavy (non-hydrogen) atoms. The van der Waals surface area contributed by atoms with Crippen LogP contribution in [0.25, 0.3) is 0 Å². The summed E-state index contributed by atoms with van der Waals surface area (Å²) < 4.78 is 27.4. The van der Waals surface area contributed by atoms with Crippen LogP contribution in [0.15, 0.2) is 24.4 Å². The van der Waals surface area contributed by atoms with Gasteiger partial charge < -0.3 is 10.1 Å². The SMILES string of the molecule is [2H]c1ccc(C2CNC([2H])([2H])CO2)nc1. The summed E-state index contributed by atoms with van der Waals surface area (Å²) in [5.74, 6) is 0. The van der Waals surface area contributed by atoms with E-state index < -0.39 is 6.50 Å². The largest absolute Gasteiger partial charge is 0.369 e. The van der Waals surface area contributed by atoms with Gasteiger partial charge in [0.05, 0.1) is 13.7 Å². The molecule has 1 unspecified atom stereocenters. The fourth-order valence-corrected chi connectivity index (χ4v) is 1.13. The van der Waals surface area contributed by atoms with Crippen LogP contribution < -0.4 is 5.32 Å². The fraction of sp³-hybridized carbons (Fsp3) is 0.444. The van der Waals surface area contributed by atoms with Crippen molar-refractivity contribution in [3.8, 4) is 0 Å². The number of hydrogen-bond acceptors (Lipinski definition) is 3. The van der Waals surface area contributed by atoms with Crippen LogP contribution in [0.5, 0.6) is 0 Å². The minimum absolute atomic E-state index is 0.0158. The Bertz CT molecular complexity index is 332. The molecule has 1 aliphatic rings. The van der Waals surface area contributed by atoms with Gasteiger partial charge in [-0.05, 0) is 12.1 Å². The van der Waals surface area contributed by atoms with Crippen LogP contribution >= 0.6 is 0 Å². The van der Waals surface area contributed by atoms with Crippen LogP contribution in [-0.4, -0.2) is 24.6 Å². The molecule has 0 amide bonds. The van der Waals surface area contributed by atoms with Crippen LogP contribution in [0, 0.1) is 0 Å². The number of morpholine rings is 1. The van der Waals surface area contributed by atoms with Gasteiger partial charge in [0, 0.05) is 22.0 Å². The van der Waals surface area contributed by atoms with Gasteiger partial charge in [-0.1, -0.05) is 6.07 Å². The van der Waals surface area contributed by atoms with E-state index in [4.69, 9.17) is 8.85 Å². The second-order valence-electron chi connectivity index (χ2n) is 2.54. The van der Waals surface area contributed by atoms with E-state index in [9.17, 15) is 0 Å². The Kier molecular flexibility index (Phi) is 1.50. The molecule has 3 heteroatoms. The lowest BCUT2D eigenvalue weighted by Gasteiger charge is -2.22. The Balaban J connectivity index is 2.04. The van der Waals surface area contributed by atoms with Gasteiger partial charge in [-0.15, -0.1) is 0 Å². The molecule has 1 saturated heterocycles. The van der Waals surface area contributed by atoms with E-state index in [1.807, 2.05) is 0 Å². The first-order valence-electron chi connectivity index (χ1n) is 5.36. The van der Waals surface area contributed by atoms with Gasteiger partial charge in [-0.3, -0.25) is 4.98 Å². The molecule has 0 aromatic carbocycles. The number of pyridine rings is 1. The topological polar surface area (TPSA) is 34.1 Å². The van der Waals surface area contributed by atoms with Gasteiger partial charge >= 0.3 is 0 Å². The van der Waals surface area contributed by atoms with Crippen molar-refractivity contribution < 1.29 is 8.85 Å². The van der Waals surface area contributed by atoms with E-state index in [2.05, 4.69) is 10.3 Å². The van der Waals surface area contributed by atoms with Gasteiger partial charge in [-0.2, -0.15) is 0 Å². The van der Waals surface area contributed by atoms with E-state index in [0.29, 0.717) is 12.6 Å². The van der Waals surface area contributed by atoms with Crippen molar-refractivity contribution in [2.45, 2.75) is 6.10 Å². The summed E-state index contributed by atoms with van der Waals surface area (Å²) in [6, 6.07) is 3.74. The summed E-state index contributed by atoms with van der Waals surface area (Å²) in [5, 5.41) is 2.74. The predicted octanol–water partition coefficient (Wildman–Crippen LogP) is 0.742. The zero-order valence-corrected chi connectivity index (χ0v) is 6.58. The number of rotatable bonds is 1. The molecule has 1 aromatic rings. The Morgan fingerprint density at radius 2 is 2.83 bits per heavy atom. The van der Waals surface area contributed by atoms with Gasteiger partial charge in [0.2, 0.25) is 0 Å². The molecule has 0 radical (unpaired) electrons. The molecule has 3 nitrogen and oxygen atoms in total. The van der Waals surface area contributed by atoms with E-state index in [-0.39, 0.29) is 12.7 Å². The maximum absolute atomic E-state index is 7.39. The number of aromatic nitrogens is 1. The second-order valence-corrected chi connectivity index (χ2v) is 2.54. The number of hydrogen-bond donors (Lipinski definition) is 1. The highest BCUT2D eigenvalue weighted by atomic mass is 16.5. The third-order valence-electron chi connectivity index (χ3n) is 1.74. The maximum Gasteiger partial charge on any atom is 0.112 e. The molecule has 1 aliphatic heterocycles. The first-order chi connectivity index (χ1) is 7.07. The van der Waals surface area contributed by atoms with E-state index >= 15 is 0 Å².